The van der Waals surface area contributed by atoms with Crippen molar-refractivity contribution in [2.45, 2.75) is 38.6 Å². The zero-order valence-corrected chi connectivity index (χ0v) is 13.0. The predicted octanol–water partition coefficient (Wildman–Crippen LogP) is 2.89. The van der Waals surface area contributed by atoms with Gasteiger partial charge in [0.2, 0.25) is 0 Å². The standard InChI is InChI=1S/C16H25FN2O2/c1-4-18-16(2,15(20)21)11-7-8-12-19(3)14-10-6-5-9-13(14)17/h5-6,9-10,18H,4,7-8,11-12H2,1-3H3,(H,20,21). The van der Waals surface area contributed by atoms with Gasteiger partial charge in [0.1, 0.15) is 11.4 Å². The van der Waals surface area contributed by atoms with Crippen molar-refractivity contribution >= 4 is 11.7 Å². The lowest BCUT2D eigenvalue weighted by Gasteiger charge is -2.26. The number of hydrogen-bond acceptors (Lipinski definition) is 3. The maximum Gasteiger partial charge on any atom is 0.323 e. The van der Waals surface area contributed by atoms with Gasteiger partial charge in [0.15, 0.2) is 0 Å². The summed E-state index contributed by atoms with van der Waals surface area (Å²) >= 11 is 0. The highest BCUT2D eigenvalue weighted by molar-refractivity contribution is 5.78. The van der Waals surface area contributed by atoms with Gasteiger partial charge in [-0.25, -0.2) is 4.39 Å². The molecule has 21 heavy (non-hydrogen) atoms. The van der Waals surface area contributed by atoms with Crippen LogP contribution in [0.5, 0.6) is 0 Å². The first-order valence-electron chi connectivity index (χ1n) is 7.35. The number of carboxylic acid groups (broad SMARTS) is 1. The first-order chi connectivity index (χ1) is 9.90. The lowest BCUT2D eigenvalue weighted by atomic mass is 9.95. The molecule has 0 aliphatic carbocycles. The van der Waals surface area contributed by atoms with Gasteiger partial charge < -0.3 is 15.3 Å². The van der Waals surface area contributed by atoms with Gasteiger partial charge in [-0.2, -0.15) is 0 Å². The van der Waals surface area contributed by atoms with E-state index in [9.17, 15) is 14.3 Å². The summed E-state index contributed by atoms with van der Waals surface area (Å²) in [6.07, 6.45) is 2.15. The van der Waals surface area contributed by atoms with E-state index in [0.717, 1.165) is 12.8 Å². The van der Waals surface area contributed by atoms with Crippen LogP contribution in [0.2, 0.25) is 0 Å². The Morgan fingerprint density at radius 3 is 2.62 bits per heavy atom. The van der Waals surface area contributed by atoms with E-state index in [1.807, 2.05) is 24.9 Å². The van der Waals surface area contributed by atoms with Gasteiger partial charge >= 0.3 is 5.97 Å². The fourth-order valence-electron chi connectivity index (χ4n) is 2.37. The van der Waals surface area contributed by atoms with Gasteiger partial charge in [0.25, 0.3) is 0 Å². The van der Waals surface area contributed by atoms with Crippen LogP contribution in [0, 0.1) is 5.82 Å². The lowest BCUT2D eigenvalue weighted by Crippen LogP contribution is -2.49. The number of aliphatic carboxylic acids is 1. The molecule has 1 aromatic rings. The minimum atomic E-state index is -0.884. The van der Waals surface area contributed by atoms with Crippen LogP contribution in [0.1, 0.15) is 33.1 Å². The zero-order chi connectivity index (χ0) is 15.9. The molecule has 0 radical (unpaired) electrons. The van der Waals surface area contributed by atoms with Crippen LogP contribution in [-0.2, 0) is 4.79 Å². The normalized spacial score (nSPS) is 13.7. The Hall–Kier alpha value is -1.62. The van der Waals surface area contributed by atoms with Crippen LogP contribution in [0.4, 0.5) is 10.1 Å². The number of halogens is 1. The van der Waals surface area contributed by atoms with Crippen molar-refractivity contribution in [1.29, 1.82) is 0 Å². The van der Waals surface area contributed by atoms with Crippen molar-refractivity contribution in [2.75, 3.05) is 25.0 Å². The fraction of sp³-hybridized carbons (Fsp3) is 0.562. The number of nitrogens with zero attached hydrogens (tertiary/aromatic N) is 1. The molecule has 5 heteroatoms. The summed E-state index contributed by atoms with van der Waals surface area (Å²) in [6, 6.07) is 6.66. The molecule has 2 N–H and O–H groups in total. The molecule has 1 aromatic carbocycles. The molecule has 0 heterocycles. The smallest absolute Gasteiger partial charge is 0.323 e. The minimum Gasteiger partial charge on any atom is -0.480 e. The summed E-state index contributed by atoms with van der Waals surface area (Å²) in [6.45, 7) is 4.92. The molecule has 4 nitrogen and oxygen atoms in total. The molecule has 0 aliphatic rings. The molecule has 0 saturated heterocycles. The molecule has 0 aliphatic heterocycles. The molecule has 1 rings (SSSR count). The van der Waals surface area contributed by atoms with E-state index >= 15 is 0 Å². The summed E-state index contributed by atoms with van der Waals surface area (Å²) in [5, 5.41) is 12.3. The average molecular weight is 296 g/mol. The first kappa shape index (κ1) is 17.4. The Bertz CT molecular complexity index is 467. The third-order valence-electron chi connectivity index (χ3n) is 3.72. The minimum absolute atomic E-state index is 0.233. The van der Waals surface area contributed by atoms with Gasteiger partial charge in [-0.15, -0.1) is 0 Å². The summed E-state index contributed by atoms with van der Waals surface area (Å²) in [5.41, 5.74) is -0.309. The largest absolute Gasteiger partial charge is 0.480 e. The number of anilines is 1. The Kier molecular flexibility index (Phi) is 6.62. The van der Waals surface area contributed by atoms with Crippen LogP contribution in [0.25, 0.3) is 0 Å². The molecule has 0 saturated carbocycles. The second-order valence-electron chi connectivity index (χ2n) is 5.50. The lowest BCUT2D eigenvalue weighted by molar-refractivity contribution is -0.144. The number of likely N-dealkylation sites (N-methyl/N-ethyl adjacent to an activating group) is 1. The average Bonchev–Trinajstić information content (AvgIpc) is 2.44. The van der Waals surface area contributed by atoms with Crippen molar-refractivity contribution in [3.8, 4) is 0 Å². The summed E-state index contributed by atoms with van der Waals surface area (Å²) in [7, 11) is 1.85. The second kappa shape index (κ2) is 7.98. The molecule has 118 valence electrons. The van der Waals surface area contributed by atoms with E-state index in [4.69, 9.17) is 0 Å². The molecular weight excluding hydrogens is 271 g/mol. The third kappa shape index (κ3) is 5.01. The van der Waals surface area contributed by atoms with Crippen LogP contribution in [-0.4, -0.2) is 36.8 Å². The molecule has 0 aromatic heterocycles. The van der Waals surface area contributed by atoms with Gasteiger partial charge in [-0.3, -0.25) is 4.79 Å². The van der Waals surface area contributed by atoms with Gasteiger partial charge in [0, 0.05) is 13.6 Å². The number of hydrogen-bond donors (Lipinski definition) is 2. The van der Waals surface area contributed by atoms with Gasteiger partial charge in [-0.1, -0.05) is 19.1 Å². The number of carboxylic acids is 1. The maximum atomic E-state index is 13.6. The topological polar surface area (TPSA) is 52.6 Å². The first-order valence-corrected chi connectivity index (χ1v) is 7.35. The highest BCUT2D eigenvalue weighted by atomic mass is 19.1. The molecule has 0 spiro atoms. The van der Waals surface area contributed by atoms with Crippen molar-refractivity contribution < 1.29 is 14.3 Å². The molecule has 1 atom stereocenters. The van der Waals surface area contributed by atoms with E-state index in [1.54, 1.807) is 19.1 Å². The predicted molar refractivity (Wildman–Crippen MR) is 83.2 cm³/mol. The van der Waals surface area contributed by atoms with E-state index in [1.165, 1.54) is 6.07 Å². The van der Waals surface area contributed by atoms with Crippen LogP contribution >= 0.6 is 0 Å². The summed E-state index contributed by atoms with van der Waals surface area (Å²) in [5.74, 6) is -1.06. The quantitative estimate of drug-likeness (QED) is 0.688. The van der Waals surface area contributed by atoms with E-state index in [-0.39, 0.29) is 5.82 Å². The Morgan fingerprint density at radius 2 is 2.05 bits per heavy atom. The molecule has 0 bridgehead atoms. The van der Waals surface area contributed by atoms with Crippen molar-refractivity contribution in [3.63, 3.8) is 0 Å². The molecule has 1 unspecified atom stereocenters. The summed E-state index contributed by atoms with van der Waals surface area (Å²) < 4.78 is 13.6. The van der Waals surface area contributed by atoms with E-state index < -0.39 is 11.5 Å². The molecular formula is C16H25FN2O2. The third-order valence-corrected chi connectivity index (χ3v) is 3.72. The summed E-state index contributed by atoms with van der Waals surface area (Å²) in [4.78, 5) is 13.1. The number of unbranched alkanes of at least 4 members (excludes halogenated alkanes) is 1. The van der Waals surface area contributed by atoms with Crippen molar-refractivity contribution in [1.82, 2.24) is 5.32 Å². The molecule has 0 amide bonds. The van der Waals surface area contributed by atoms with Gasteiger partial charge in [-0.05, 0) is 44.9 Å². The SMILES string of the molecule is CCNC(C)(CCCCN(C)c1ccccc1F)C(=O)O. The number of nitrogens with one attached hydrogen (secondary N) is 1. The van der Waals surface area contributed by atoms with E-state index in [2.05, 4.69) is 5.32 Å². The number of rotatable bonds is 9. The molecule has 0 fully saturated rings. The zero-order valence-electron chi connectivity index (χ0n) is 13.0. The number of benzene rings is 1. The Labute approximate surface area is 126 Å². The fourth-order valence-corrected chi connectivity index (χ4v) is 2.37. The number of carbonyl (C=O) groups is 1. The van der Waals surface area contributed by atoms with Gasteiger partial charge in [0.05, 0.1) is 5.69 Å². The van der Waals surface area contributed by atoms with Crippen molar-refractivity contribution in [3.05, 3.63) is 30.1 Å². The van der Waals surface area contributed by atoms with E-state index in [0.29, 0.717) is 25.2 Å². The Balaban J connectivity index is 2.43. The second-order valence-corrected chi connectivity index (χ2v) is 5.50. The number of para-hydroxylation sites is 1. The monoisotopic (exact) mass is 296 g/mol. The highest BCUT2D eigenvalue weighted by Gasteiger charge is 2.31. The van der Waals surface area contributed by atoms with Crippen LogP contribution < -0.4 is 10.2 Å². The highest BCUT2D eigenvalue weighted by Crippen LogP contribution is 2.19. The Morgan fingerprint density at radius 1 is 1.38 bits per heavy atom. The van der Waals surface area contributed by atoms with Crippen LogP contribution in [0.15, 0.2) is 24.3 Å². The van der Waals surface area contributed by atoms with Crippen LogP contribution in [0.3, 0.4) is 0 Å². The van der Waals surface area contributed by atoms with Crippen molar-refractivity contribution in [2.24, 2.45) is 0 Å². The maximum absolute atomic E-state index is 13.6.